The number of carbonyl (C=O) groups excluding carboxylic acids is 1. The van der Waals surface area contributed by atoms with E-state index in [1.54, 1.807) is 7.11 Å². The molecule has 1 amide bonds. The van der Waals surface area contributed by atoms with Crippen LogP contribution in [0.1, 0.15) is 63.2 Å². The molecule has 5 heteroatoms. The molecule has 0 spiro atoms. The molecule has 0 unspecified atom stereocenters. The molecule has 2 atom stereocenters. The molecule has 2 rings (SSSR count). The molecule has 1 aliphatic rings. The summed E-state index contributed by atoms with van der Waals surface area (Å²) in [6.45, 7) is 10.2. The number of carbonyl (C=O) groups is 1. The number of nitrogens with zero attached hydrogens (tertiary/aromatic N) is 1. The number of oxazole rings is 1. The molecule has 1 N–H and O–H groups in total. The second kappa shape index (κ2) is 4.88. The van der Waals surface area contributed by atoms with Crippen LogP contribution in [0.3, 0.4) is 0 Å². The van der Waals surface area contributed by atoms with Gasteiger partial charge in [0.05, 0.1) is 5.60 Å². The summed E-state index contributed by atoms with van der Waals surface area (Å²) in [5.41, 5.74) is 0.0798. The van der Waals surface area contributed by atoms with Crippen LogP contribution in [0.15, 0.2) is 10.8 Å². The van der Waals surface area contributed by atoms with E-state index in [0.717, 1.165) is 6.42 Å². The molecular weight excluding hydrogens is 256 g/mol. The highest BCUT2D eigenvalue weighted by Gasteiger charge is 2.58. The van der Waals surface area contributed by atoms with Gasteiger partial charge in [-0.2, -0.15) is 0 Å². The molecule has 112 valence electrons. The summed E-state index contributed by atoms with van der Waals surface area (Å²) in [7, 11) is 1.72. The molecular formula is C15H24N2O3. The smallest absolute Gasteiger partial charge is 0.273 e. The molecule has 1 aromatic heterocycles. The topological polar surface area (TPSA) is 64.4 Å². The minimum Gasteiger partial charge on any atom is -0.447 e. The van der Waals surface area contributed by atoms with Gasteiger partial charge in [-0.1, -0.05) is 27.7 Å². The number of ether oxygens (including phenoxy) is 1. The van der Waals surface area contributed by atoms with Crippen LogP contribution in [-0.2, 0) is 4.74 Å². The molecule has 5 nitrogen and oxygen atoms in total. The van der Waals surface area contributed by atoms with E-state index in [4.69, 9.17) is 9.15 Å². The summed E-state index contributed by atoms with van der Waals surface area (Å²) in [5.74, 6) is 0.602. The third kappa shape index (κ3) is 2.14. The first-order chi connectivity index (χ1) is 9.23. The zero-order chi connectivity index (χ0) is 15.1. The number of hydrogen-bond donors (Lipinski definition) is 1. The van der Waals surface area contributed by atoms with Crippen molar-refractivity contribution < 1.29 is 13.9 Å². The predicted molar refractivity (Wildman–Crippen MR) is 75.7 cm³/mol. The van der Waals surface area contributed by atoms with Crippen molar-refractivity contribution in [2.45, 2.75) is 58.6 Å². The Morgan fingerprint density at radius 1 is 1.50 bits per heavy atom. The van der Waals surface area contributed by atoms with Crippen molar-refractivity contribution in [1.82, 2.24) is 10.3 Å². The molecule has 1 aliphatic carbocycles. The second-order valence-electron chi connectivity index (χ2n) is 6.61. The fourth-order valence-corrected chi connectivity index (χ4v) is 2.78. The van der Waals surface area contributed by atoms with Crippen molar-refractivity contribution in [2.75, 3.05) is 7.11 Å². The third-order valence-electron chi connectivity index (χ3n) is 4.92. The highest BCUT2D eigenvalue weighted by atomic mass is 16.5. The normalized spacial score (nSPS) is 28.2. The lowest BCUT2D eigenvalue weighted by Gasteiger charge is -2.59. The lowest BCUT2D eigenvalue weighted by molar-refractivity contribution is -0.177. The summed E-state index contributed by atoms with van der Waals surface area (Å²) in [6, 6.07) is 0.0802. The molecule has 0 aliphatic heterocycles. The maximum atomic E-state index is 12.3. The lowest BCUT2D eigenvalue weighted by Crippen LogP contribution is -2.68. The monoisotopic (exact) mass is 280 g/mol. The zero-order valence-corrected chi connectivity index (χ0v) is 13.1. The van der Waals surface area contributed by atoms with E-state index in [2.05, 4.69) is 31.1 Å². The second-order valence-corrected chi connectivity index (χ2v) is 6.61. The number of nitrogens with one attached hydrogen (secondary N) is 1. The average molecular weight is 280 g/mol. The number of methoxy groups -OCH3 is 1. The SMILES string of the molecule is CO[C@@]1(C)C[C@H](NC(=O)c2ncoc2C(C)C)C1(C)C. The number of hydrogen-bond acceptors (Lipinski definition) is 4. The van der Waals surface area contributed by atoms with Crippen LogP contribution in [0.25, 0.3) is 0 Å². The first kappa shape index (κ1) is 15.0. The Morgan fingerprint density at radius 2 is 2.15 bits per heavy atom. The summed E-state index contributed by atoms with van der Waals surface area (Å²) in [5, 5.41) is 3.05. The van der Waals surface area contributed by atoms with Crippen molar-refractivity contribution in [3.8, 4) is 0 Å². The largest absolute Gasteiger partial charge is 0.447 e. The van der Waals surface area contributed by atoms with E-state index < -0.39 is 0 Å². The highest BCUT2D eigenvalue weighted by molar-refractivity contribution is 5.93. The van der Waals surface area contributed by atoms with Crippen LogP contribution in [-0.4, -0.2) is 29.6 Å². The Kier molecular flexibility index (Phi) is 3.67. The molecule has 20 heavy (non-hydrogen) atoms. The van der Waals surface area contributed by atoms with Gasteiger partial charge in [0.15, 0.2) is 12.1 Å². The van der Waals surface area contributed by atoms with Crippen LogP contribution < -0.4 is 5.32 Å². The van der Waals surface area contributed by atoms with E-state index >= 15 is 0 Å². The van der Waals surface area contributed by atoms with Gasteiger partial charge in [0.2, 0.25) is 0 Å². The maximum absolute atomic E-state index is 12.3. The van der Waals surface area contributed by atoms with Crippen LogP contribution in [0.4, 0.5) is 0 Å². The summed E-state index contributed by atoms with van der Waals surface area (Å²) < 4.78 is 10.9. The molecule has 0 bridgehead atoms. The minimum absolute atomic E-state index is 0.0802. The number of aromatic nitrogens is 1. The first-order valence-corrected chi connectivity index (χ1v) is 7.02. The van der Waals surface area contributed by atoms with Gasteiger partial charge in [0, 0.05) is 24.5 Å². The number of amides is 1. The van der Waals surface area contributed by atoms with Gasteiger partial charge in [0.25, 0.3) is 5.91 Å². The van der Waals surface area contributed by atoms with E-state index in [1.165, 1.54) is 6.39 Å². The Labute approximate surface area is 120 Å². The van der Waals surface area contributed by atoms with Crippen molar-refractivity contribution in [1.29, 1.82) is 0 Å². The molecule has 1 saturated carbocycles. The maximum Gasteiger partial charge on any atom is 0.273 e. The van der Waals surface area contributed by atoms with Gasteiger partial charge in [-0.05, 0) is 13.3 Å². The fourth-order valence-electron chi connectivity index (χ4n) is 2.78. The summed E-state index contributed by atoms with van der Waals surface area (Å²) in [6.07, 6.45) is 2.13. The van der Waals surface area contributed by atoms with E-state index in [0.29, 0.717) is 11.5 Å². The van der Waals surface area contributed by atoms with Crippen LogP contribution in [0, 0.1) is 5.41 Å². The average Bonchev–Trinajstić information content (AvgIpc) is 2.87. The Hall–Kier alpha value is -1.36. The van der Waals surface area contributed by atoms with E-state index in [-0.39, 0.29) is 28.9 Å². The Bertz CT molecular complexity index is 507. The van der Waals surface area contributed by atoms with Crippen molar-refractivity contribution in [3.63, 3.8) is 0 Å². The first-order valence-electron chi connectivity index (χ1n) is 7.02. The van der Waals surface area contributed by atoms with Crippen LogP contribution in [0.5, 0.6) is 0 Å². The number of rotatable bonds is 4. The van der Waals surface area contributed by atoms with E-state index in [1.807, 2.05) is 13.8 Å². The molecule has 0 aromatic carbocycles. The van der Waals surface area contributed by atoms with Crippen molar-refractivity contribution in [3.05, 3.63) is 17.8 Å². The van der Waals surface area contributed by atoms with Crippen molar-refractivity contribution >= 4 is 5.91 Å². The van der Waals surface area contributed by atoms with Crippen LogP contribution in [0.2, 0.25) is 0 Å². The van der Waals surface area contributed by atoms with Gasteiger partial charge < -0.3 is 14.5 Å². The van der Waals surface area contributed by atoms with Gasteiger partial charge >= 0.3 is 0 Å². The summed E-state index contributed by atoms with van der Waals surface area (Å²) in [4.78, 5) is 16.4. The standard InChI is InChI=1S/C15H24N2O3/c1-9(2)12-11(16-8-20-12)13(18)17-10-7-15(5,19-6)14(10,3)4/h8-10H,7H2,1-6H3,(H,17,18)/t10-,15-/m0/s1. The fraction of sp³-hybridized carbons (Fsp3) is 0.733. The lowest BCUT2D eigenvalue weighted by atomic mass is 9.56. The minimum atomic E-state index is -0.199. The molecule has 1 aromatic rings. The third-order valence-corrected chi connectivity index (χ3v) is 4.92. The quantitative estimate of drug-likeness (QED) is 0.921. The molecule has 0 radical (unpaired) electrons. The highest BCUT2D eigenvalue weighted by Crippen LogP contribution is 2.51. The van der Waals surface area contributed by atoms with Gasteiger partial charge in [-0.15, -0.1) is 0 Å². The van der Waals surface area contributed by atoms with E-state index in [9.17, 15) is 4.79 Å². The van der Waals surface area contributed by atoms with Gasteiger partial charge in [-0.25, -0.2) is 4.98 Å². The molecule has 1 fully saturated rings. The van der Waals surface area contributed by atoms with Gasteiger partial charge in [-0.3, -0.25) is 4.79 Å². The predicted octanol–water partition coefficient (Wildman–Crippen LogP) is 2.73. The summed E-state index contributed by atoms with van der Waals surface area (Å²) >= 11 is 0. The van der Waals surface area contributed by atoms with Crippen LogP contribution >= 0.6 is 0 Å². The zero-order valence-electron chi connectivity index (χ0n) is 13.1. The Balaban J connectivity index is 2.09. The Morgan fingerprint density at radius 3 is 2.65 bits per heavy atom. The molecule has 1 heterocycles. The molecule has 0 saturated heterocycles. The van der Waals surface area contributed by atoms with Crippen molar-refractivity contribution in [2.24, 2.45) is 5.41 Å². The van der Waals surface area contributed by atoms with Gasteiger partial charge in [0.1, 0.15) is 5.76 Å².